The van der Waals surface area contributed by atoms with Gasteiger partial charge in [-0.15, -0.1) is 10.2 Å². The lowest BCUT2D eigenvalue weighted by Gasteiger charge is -2.10. The number of hydrogen-bond donors (Lipinski definition) is 2. The Morgan fingerprint density at radius 2 is 1.74 bits per heavy atom. The van der Waals surface area contributed by atoms with Crippen molar-refractivity contribution < 1.29 is 18.0 Å². The van der Waals surface area contributed by atoms with Crippen LogP contribution in [0.15, 0.2) is 60.7 Å². The van der Waals surface area contributed by atoms with E-state index in [0.29, 0.717) is 5.69 Å². The molecule has 3 rings (SSSR count). The van der Waals surface area contributed by atoms with E-state index >= 15 is 0 Å². The summed E-state index contributed by atoms with van der Waals surface area (Å²) in [7, 11) is 0. The number of aryl methyl sites for hydroxylation is 1. The Balaban J connectivity index is 1.70. The molecule has 0 aliphatic carbocycles. The molecule has 5 nitrogen and oxygen atoms in total. The SMILES string of the molecule is Cc1ccccc1NC(=O)c1ccc(Nc2cccc(C(F)(F)F)c2)nn1. The number of anilines is 3. The second kappa shape index (κ2) is 7.45. The molecule has 2 N–H and O–H groups in total. The molecule has 0 unspecified atom stereocenters. The minimum absolute atomic E-state index is 0.0906. The number of rotatable bonds is 4. The predicted octanol–water partition coefficient (Wildman–Crippen LogP) is 4.80. The van der Waals surface area contributed by atoms with Crippen LogP contribution in [0.2, 0.25) is 0 Å². The van der Waals surface area contributed by atoms with Crippen molar-refractivity contribution in [2.75, 3.05) is 10.6 Å². The first-order valence-corrected chi connectivity index (χ1v) is 7.98. The zero-order valence-electron chi connectivity index (χ0n) is 14.2. The number of amides is 1. The van der Waals surface area contributed by atoms with E-state index in [4.69, 9.17) is 0 Å². The van der Waals surface area contributed by atoms with Crippen LogP contribution in [0, 0.1) is 6.92 Å². The van der Waals surface area contributed by atoms with Gasteiger partial charge in [0.1, 0.15) is 0 Å². The monoisotopic (exact) mass is 372 g/mol. The molecule has 0 spiro atoms. The van der Waals surface area contributed by atoms with Crippen molar-refractivity contribution in [1.29, 1.82) is 0 Å². The van der Waals surface area contributed by atoms with Crippen molar-refractivity contribution in [2.45, 2.75) is 13.1 Å². The Morgan fingerprint density at radius 1 is 0.963 bits per heavy atom. The molecule has 0 bridgehead atoms. The third-order valence-electron chi connectivity index (χ3n) is 3.75. The summed E-state index contributed by atoms with van der Waals surface area (Å²) >= 11 is 0. The van der Waals surface area contributed by atoms with Crippen molar-refractivity contribution in [1.82, 2.24) is 10.2 Å². The van der Waals surface area contributed by atoms with E-state index in [1.165, 1.54) is 24.3 Å². The van der Waals surface area contributed by atoms with E-state index in [9.17, 15) is 18.0 Å². The quantitative estimate of drug-likeness (QED) is 0.690. The molecule has 0 atom stereocenters. The lowest BCUT2D eigenvalue weighted by molar-refractivity contribution is -0.137. The molecule has 0 aliphatic heterocycles. The molecule has 2 aromatic carbocycles. The molecule has 8 heteroatoms. The van der Waals surface area contributed by atoms with E-state index in [0.717, 1.165) is 17.7 Å². The molecule has 1 heterocycles. The normalized spacial score (nSPS) is 11.1. The first-order chi connectivity index (χ1) is 12.8. The summed E-state index contributed by atoms with van der Waals surface area (Å²) < 4.78 is 38.3. The number of nitrogens with zero attached hydrogens (tertiary/aromatic N) is 2. The topological polar surface area (TPSA) is 66.9 Å². The second-order valence-corrected chi connectivity index (χ2v) is 5.78. The largest absolute Gasteiger partial charge is 0.416 e. The summed E-state index contributed by atoms with van der Waals surface area (Å²) in [4.78, 5) is 12.2. The zero-order chi connectivity index (χ0) is 19.4. The van der Waals surface area contributed by atoms with Gasteiger partial charge in [0, 0.05) is 11.4 Å². The van der Waals surface area contributed by atoms with Crippen molar-refractivity contribution in [3.63, 3.8) is 0 Å². The van der Waals surface area contributed by atoms with E-state index < -0.39 is 17.6 Å². The van der Waals surface area contributed by atoms with Crippen LogP contribution in [0.5, 0.6) is 0 Å². The molecule has 0 aliphatic rings. The molecule has 0 fully saturated rings. The van der Waals surface area contributed by atoms with Crippen molar-refractivity contribution in [3.8, 4) is 0 Å². The molecule has 138 valence electrons. The van der Waals surface area contributed by atoms with Gasteiger partial charge in [0.15, 0.2) is 11.5 Å². The van der Waals surface area contributed by atoms with Gasteiger partial charge in [-0.1, -0.05) is 24.3 Å². The smallest absolute Gasteiger partial charge is 0.339 e. The van der Waals surface area contributed by atoms with Crippen LogP contribution in [-0.4, -0.2) is 16.1 Å². The van der Waals surface area contributed by atoms with E-state index in [1.54, 1.807) is 12.1 Å². The van der Waals surface area contributed by atoms with Gasteiger partial charge < -0.3 is 10.6 Å². The molecule has 0 saturated heterocycles. The summed E-state index contributed by atoms with van der Waals surface area (Å²) in [6.45, 7) is 1.86. The third-order valence-corrected chi connectivity index (χ3v) is 3.75. The molecule has 3 aromatic rings. The summed E-state index contributed by atoms with van der Waals surface area (Å²) in [6.07, 6.45) is -4.43. The van der Waals surface area contributed by atoms with Crippen LogP contribution in [0.4, 0.5) is 30.4 Å². The molecular formula is C19H15F3N4O. The maximum atomic E-state index is 12.8. The maximum Gasteiger partial charge on any atom is 0.416 e. The number of alkyl halides is 3. The highest BCUT2D eigenvalue weighted by Gasteiger charge is 2.30. The summed E-state index contributed by atoms with van der Waals surface area (Å²) in [5.41, 5.74) is 1.11. The minimum Gasteiger partial charge on any atom is -0.339 e. The minimum atomic E-state index is -4.43. The van der Waals surface area contributed by atoms with Gasteiger partial charge >= 0.3 is 6.18 Å². The fourth-order valence-electron chi connectivity index (χ4n) is 2.34. The van der Waals surface area contributed by atoms with Gasteiger partial charge in [-0.25, -0.2) is 0 Å². The Morgan fingerprint density at radius 3 is 2.41 bits per heavy atom. The number of nitrogens with one attached hydrogen (secondary N) is 2. The Kier molecular flexibility index (Phi) is 5.07. The standard InChI is InChI=1S/C19H15F3N4O/c1-12-5-2-3-8-15(12)24-18(27)16-9-10-17(26-25-16)23-14-7-4-6-13(11-14)19(20,21)22/h2-11H,1H3,(H,23,26)(H,24,27). The zero-order valence-corrected chi connectivity index (χ0v) is 14.2. The number of aromatic nitrogens is 2. The van der Waals surface area contributed by atoms with Crippen molar-refractivity contribution >= 4 is 23.1 Å². The highest BCUT2D eigenvalue weighted by Crippen LogP contribution is 2.31. The first-order valence-electron chi connectivity index (χ1n) is 7.98. The number of halogens is 3. The summed E-state index contributed by atoms with van der Waals surface area (Å²) in [5.74, 6) is -0.204. The van der Waals surface area contributed by atoms with Gasteiger partial charge in [-0.2, -0.15) is 13.2 Å². The number of hydrogen-bond acceptors (Lipinski definition) is 4. The Labute approximate surface area is 153 Å². The van der Waals surface area contributed by atoms with Crippen LogP contribution >= 0.6 is 0 Å². The molecule has 1 amide bonds. The average Bonchev–Trinajstić information content (AvgIpc) is 2.64. The van der Waals surface area contributed by atoms with Crippen LogP contribution in [0.25, 0.3) is 0 Å². The highest BCUT2D eigenvalue weighted by molar-refractivity contribution is 6.03. The second-order valence-electron chi connectivity index (χ2n) is 5.78. The van der Waals surface area contributed by atoms with Crippen LogP contribution < -0.4 is 10.6 Å². The first kappa shape index (κ1) is 18.4. The molecular weight excluding hydrogens is 357 g/mol. The van der Waals surface area contributed by atoms with Crippen LogP contribution in [-0.2, 0) is 6.18 Å². The molecule has 1 aromatic heterocycles. The van der Waals surface area contributed by atoms with Gasteiger partial charge in [0.05, 0.1) is 5.56 Å². The van der Waals surface area contributed by atoms with E-state index in [2.05, 4.69) is 20.8 Å². The predicted molar refractivity (Wildman–Crippen MR) is 95.9 cm³/mol. The molecule has 0 radical (unpaired) electrons. The van der Waals surface area contributed by atoms with E-state index in [1.807, 2.05) is 19.1 Å². The fourth-order valence-corrected chi connectivity index (χ4v) is 2.34. The van der Waals surface area contributed by atoms with Crippen molar-refractivity contribution in [3.05, 3.63) is 77.5 Å². The Bertz CT molecular complexity index is 956. The lowest BCUT2D eigenvalue weighted by atomic mass is 10.2. The maximum absolute atomic E-state index is 12.8. The van der Waals surface area contributed by atoms with Crippen molar-refractivity contribution in [2.24, 2.45) is 0 Å². The highest BCUT2D eigenvalue weighted by atomic mass is 19.4. The number of carbonyl (C=O) groups excluding carboxylic acids is 1. The third kappa shape index (κ3) is 4.60. The average molecular weight is 372 g/mol. The molecule has 27 heavy (non-hydrogen) atoms. The van der Waals surface area contributed by atoms with Gasteiger partial charge in [0.25, 0.3) is 5.91 Å². The summed E-state index contributed by atoms with van der Waals surface area (Å²) in [5, 5.41) is 13.1. The lowest BCUT2D eigenvalue weighted by Crippen LogP contribution is -2.15. The summed E-state index contributed by atoms with van der Waals surface area (Å²) in [6, 6.07) is 14.9. The molecule has 0 saturated carbocycles. The number of carbonyl (C=O) groups is 1. The number of para-hydroxylation sites is 1. The van der Waals surface area contributed by atoms with Gasteiger partial charge in [-0.05, 0) is 48.9 Å². The van der Waals surface area contributed by atoms with Gasteiger partial charge in [-0.3, -0.25) is 4.79 Å². The fraction of sp³-hybridized carbons (Fsp3) is 0.105. The Hall–Kier alpha value is -3.42. The van der Waals surface area contributed by atoms with Crippen LogP contribution in [0.3, 0.4) is 0 Å². The number of benzene rings is 2. The van der Waals surface area contributed by atoms with Gasteiger partial charge in [0.2, 0.25) is 0 Å². The van der Waals surface area contributed by atoms with E-state index in [-0.39, 0.29) is 17.2 Å². The van der Waals surface area contributed by atoms with Crippen LogP contribution in [0.1, 0.15) is 21.6 Å².